The van der Waals surface area contributed by atoms with Crippen LogP contribution in [0, 0.1) is 6.92 Å². The van der Waals surface area contributed by atoms with Gasteiger partial charge in [0.25, 0.3) is 0 Å². The molecule has 1 unspecified atom stereocenters. The summed E-state index contributed by atoms with van der Waals surface area (Å²) < 4.78 is 11.1. The lowest BCUT2D eigenvalue weighted by Gasteiger charge is -2.23. The number of ether oxygens (including phenoxy) is 1. The van der Waals surface area contributed by atoms with Gasteiger partial charge in [-0.05, 0) is 65.5 Å². The zero-order valence-corrected chi connectivity index (χ0v) is 23.3. The summed E-state index contributed by atoms with van der Waals surface area (Å²) in [5.74, 6) is 2.67. The fraction of sp³-hybridized carbons (Fsp3) is 0.429. The summed E-state index contributed by atoms with van der Waals surface area (Å²) in [5.41, 5.74) is 2.72. The molecule has 5 rings (SSSR count). The predicted octanol–water partition coefficient (Wildman–Crippen LogP) is 5.10. The molecule has 12 nitrogen and oxygen atoms in total. The van der Waals surface area contributed by atoms with E-state index < -0.39 is 11.7 Å². The number of aromatic nitrogens is 6. The van der Waals surface area contributed by atoms with E-state index in [1.807, 2.05) is 64.1 Å². The van der Waals surface area contributed by atoms with Crippen LogP contribution >= 0.6 is 0 Å². The van der Waals surface area contributed by atoms with Crippen molar-refractivity contribution in [1.29, 1.82) is 0 Å². The number of carbonyl (C=O) groups excluding carboxylic acids is 1. The quantitative estimate of drug-likeness (QED) is 0.243. The van der Waals surface area contributed by atoms with Crippen LogP contribution in [0.15, 0.2) is 47.1 Å². The Hall–Kier alpha value is -4.48. The maximum atomic E-state index is 12.0. The largest absolute Gasteiger partial charge is 0.444 e. The first-order chi connectivity index (χ1) is 19.2. The Morgan fingerprint density at radius 3 is 2.80 bits per heavy atom. The number of rotatable bonds is 9. The number of carbonyl (C=O) groups is 1. The summed E-state index contributed by atoms with van der Waals surface area (Å²) in [5, 5.41) is 17.6. The fourth-order valence-electron chi connectivity index (χ4n) is 4.57. The molecule has 1 atom stereocenters. The zero-order chi connectivity index (χ0) is 28.1. The van der Waals surface area contributed by atoms with Crippen molar-refractivity contribution in [2.45, 2.75) is 65.0 Å². The number of aromatic amines is 1. The maximum absolute atomic E-state index is 12.0. The lowest BCUT2D eigenvalue weighted by atomic mass is 10.1. The van der Waals surface area contributed by atoms with Crippen LogP contribution < -0.4 is 15.5 Å². The van der Waals surface area contributed by atoms with Gasteiger partial charge in [-0.2, -0.15) is 10.1 Å². The lowest BCUT2D eigenvalue weighted by molar-refractivity contribution is 0.0527. The van der Waals surface area contributed by atoms with Crippen LogP contribution in [0.3, 0.4) is 0 Å². The summed E-state index contributed by atoms with van der Waals surface area (Å²) in [6.07, 6.45) is 4.51. The van der Waals surface area contributed by atoms with Gasteiger partial charge >= 0.3 is 6.09 Å². The lowest BCUT2D eigenvalue weighted by Crippen LogP contribution is -2.33. The molecule has 0 aliphatic carbocycles. The van der Waals surface area contributed by atoms with Crippen LogP contribution in [0.25, 0.3) is 11.4 Å². The highest BCUT2D eigenvalue weighted by Gasteiger charge is 2.32. The van der Waals surface area contributed by atoms with E-state index in [4.69, 9.17) is 19.2 Å². The summed E-state index contributed by atoms with van der Waals surface area (Å²) in [6.45, 7) is 8.72. The second-order valence-electron chi connectivity index (χ2n) is 10.8. The molecular formula is C28H35N9O3. The van der Waals surface area contributed by atoms with Gasteiger partial charge in [-0.3, -0.25) is 10.1 Å². The molecule has 1 aliphatic heterocycles. The molecule has 12 heteroatoms. The van der Waals surface area contributed by atoms with E-state index in [1.165, 1.54) is 0 Å². The molecule has 0 radical (unpaired) electrons. The Morgan fingerprint density at radius 2 is 2.05 bits per heavy atom. The average Bonchev–Trinajstić information content (AvgIpc) is 3.67. The highest BCUT2D eigenvalue weighted by Crippen LogP contribution is 2.36. The fourth-order valence-corrected chi connectivity index (χ4v) is 4.57. The number of aryl methyl sites for hydroxylation is 2. The molecule has 4 aromatic heterocycles. The highest BCUT2D eigenvalue weighted by atomic mass is 16.6. The number of amides is 1. The van der Waals surface area contributed by atoms with Crippen LogP contribution in [0.5, 0.6) is 0 Å². The molecule has 1 fully saturated rings. The van der Waals surface area contributed by atoms with Crippen LogP contribution in [0.2, 0.25) is 0 Å². The van der Waals surface area contributed by atoms with Crippen molar-refractivity contribution in [2.75, 3.05) is 23.3 Å². The third kappa shape index (κ3) is 6.93. The number of nitrogens with zero attached hydrogens (tertiary/aromatic N) is 6. The van der Waals surface area contributed by atoms with E-state index in [1.54, 1.807) is 6.20 Å². The first-order valence-electron chi connectivity index (χ1n) is 13.5. The molecule has 0 saturated carbocycles. The van der Waals surface area contributed by atoms with E-state index in [9.17, 15) is 4.79 Å². The average molecular weight is 546 g/mol. The summed E-state index contributed by atoms with van der Waals surface area (Å²) in [4.78, 5) is 28.3. The first-order valence-corrected chi connectivity index (χ1v) is 13.5. The van der Waals surface area contributed by atoms with Crippen molar-refractivity contribution in [2.24, 2.45) is 0 Å². The highest BCUT2D eigenvalue weighted by molar-refractivity contribution is 5.67. The molecular weight excluding hydrogens is 510 g/mol. The zero-order valence-electron chi connectivity index (χ0n) is 23.3. The Balaban J connectivity index is 1.34. The Morgan fingerprint density at radius 1 is 1.18 bits per heavy atom. The monoisotopic (exact) mass is 545 g/mol. The molecule has 0 aromatic carbocycles. The molecule has 1 amide bonds. The van der Waals surface area contributed by atoms with Crippen molar-refractivity contribution in [3.63, 3.8) is 0 Å². The third-order valence-corrected chi connectivity index (χ3v) is 6.30. The molecule has 210 valence electrons. The number of H-pyrrole nitrogens is 1. The minimum absolute atomic E-state index is 0.0467. The molecule has 1 aliphatic rings. The van der Waals surface area contributed by atoms with Gasteiger partial charge in [0.15, 0.2) is 11.6 Å². The second-order valence-corrected chi connectivity index (χ2v) is 10.8. The van der Waals surface area contributed by atoms with Crippen LogP contribution in [0.4, 0.5) is 22.4 Å². The Kier molecular flexibility index (Phi) is 7.94. The van der Waals surface area contributed by atoms with E-state index in [0.717, 1.165) is 42.2 Å². The van der Waals surface area contributed by atoms with Crippen molar-refractivity contribution < 1.29 is 14.1 Å². The van der Waals surface area contributed by atoms with Crippen molar-refractivity contribution in [1.82, 2.24) is 35.6 Å². The van der Waals surface area contributed by atoms with Gasteiger partial charge in [-0.25, -0.2) is 9.78 Å². The van der Waals surface area contributed by atoms with Crippen LogP contribution in [0.1, 0.15) is 63.2 Å². The van der Waals surface area contributed by atoms with E-state index in [-0.39, 0.29) is 6.04 Å². The maximum Gasteiger partial charge on any atom is 0.407 e. The van der Waals surface area contributed by atoms with E-state index in [0.29, 0.717) is 42.7 Å². The normalized spacial score (nSPS) is 15.3. The number of pyridine rings is 1. The van der Waals surface area contributed by atoms with Gasteiger partial charge in [0.1, 0.15) is 17.1 Å². The number of nitrogens with one attached hydrogen (secondary N) is 3. The van der Waals surface area contributed by atoms with E-state index >= 15 is 0 Å². The van der Waals surface area contributed by atoms with Crippen molar-refractivity contribution in [3.05, 3.63) is 59.7 Å². The molecule has 1 saturated heterocycles. The minimum atomic E-state index is -0.537. The number of hydrogen-bond donors (Lipinski definition) is 3. The van der Waals surface area contributed by atoms with Crippen LogP contribution in [-0.4, -0.2) is 55.1 Å². The molecule has 3 N–H and O–H groups in total. The van der Waals surface area contributed by atoms with E-state index in [2.05, 4.69) is 35.9 Å². The molecule has 4 aromatic rings. The molecule has 40 heavy (non-hydrogen) atoms. The van der Waals surface area contributed by atoms with Gasteiger partial charge in [0, 0.05) is 48.9 Å². The Bertz CT molecular complexity index is 1430. The molecule has 5 heterocycles. The third-order valence-electron chi connectivity index (χ3n) is 6.30. The SMILES string of the molecule is Cc1cc(Nc2cc(CCCNC(=O)OC(C)(C)C)nc(N3CCCC3c3cc(-c4ccccn4)no3)n2)n[nH]1. The van der Waals surface area contributed by atoms with Gasteiger partial charge < -0.3 is 24.8 Å². The predicted molar refractivity (Wildman–Crippen MR) is 150 cm³/mol. The van der Waals surface area contributed by atoms with Crippen molar-refractivity contribution >= 4 is 23.7 Å². The summed E-state index contributed by atoms with van der Waals surface area (Å²) >= 11 is 0. The number of hydrogen-bond acceptors (Lipinski definition) is 10. The molecule has 0 spiro atoms. The van der Waals surface area contributed by atoms with Gasteiger partial charge in [0.05, 0.1) is 11.7 Å². The number of anilines is 3. The van der Waals surface area contributed by atoms with Gasteiger partial charge in [0.2, 0.25) is 5.95 Å². The second kappa shape index (κ2) is 11.7. The topological polar surface area (TPSA) is 147 Å². The minimum Gasteiger partial charge on any atom is -0.444 e. The Labute approximate surface area is 232 Å². The first kappa shape index (κ1) is 27.1. The summed E-state index contributed by atoms with van der Waals surface area (Å²) in [6, 6.07) is 11.4. The molecule has 0 bridgehead atoms. The number of alkyl carbamates (subject to hydrolysis) is 1. The summed E-state index contributed by atoms with van der Waals surface area (Å²) in [7, 11) is 0. The smallest absolute Gasteiger partial charge is 0.407 e. The standard InChI is InChI=1S/C28H35N9O3/c1-18-15-25(35-34-18)32-24-16-19(9-7-13-30-27(38)39-28(2,3)4)31-26(33-24)37-14-8-11-22(37)23-17-21(36-40-23)20-10-5-6-12-29-20/h5-6,10,12,15-17,22H,7-9,11,13-14H2,1-4H3,(H,30,38)(H2,31,32,33,34,35). The van der Waals surface area contributed by atoms with Crippen LogP contribution in [-0.2, 0) is 11.2 Å². The van der Waals surface area contributed by atoms with Gasteiger partial charge in [-0.1, -0.05) is 11.2 Å². The van der Waals surface area contributed by atoms with Gasteiger partial charge in [-0.15, -0.1) is 0 Å². The van der Waals surface area contributed by atoms with Crippen molar-refractivity contribution in [3.8, 4) is 11.4 Å².